The molecule has 1 aromatic rings. The van der Waals surface area contributed by atoms with Crippen molar-refractivity contribution in [2.24, 2.45) is 5.73 Å². The van der Waals surface area contributed by atoms with Gasteiger partial charge in [0.05, 0.1) is 0 Å². The fraction of sp³-hybridized carbons (Fsp3) is 0.417. The normalized spacial score (nSPS) is 11.1. The fourth-order valence-corrected chi connectivity index (χ4v) is 1.14. The summed E-state index contributed by atoms with van der Waals surface area (Å²) in [6, 6.07) is 7.66. The van der Waals surface area contributed by atoms with E-state index in [1.54, 1.807) is 13.8 Å². The zero-order chi connectivity index (χ0) is 11.5. The Labute approximate surface area is 90.2 Å². The van der Waals surface area contributed by atoms with Gasteiger partial charge in [-0.15, -0.1) is 0 Å². The number of amides is 1. The largest absolute Gasteiger partial charge is 0.478 e. The van der Waals surface area contributed by atoms with Gasteiger partial charge in [0.1, 0.15) is 5.75 Å². The number of nitrogens with two attached hydrogens (primary N) is 1. The van der Waals surface area contributed by atoms with Gasteiger partial charge in [0.25, 0.3) is 5.91 Å². The summed E-state index contributed by atoms with van der Waals surface area (Å²) in [4.78, 5) is 11.0. The average molecular weight is 207 g/mol. The van der Waals surface area contributed by atoms with Crippen molar-refractivity contribution < 1.29 is 9.53 Å². The van der Waals surface area contributed by atoms with Crippen molar-refractivity contribution in [3.63, 3.8) is 0 Å². The van der Waals surface area contributed by atoms with Crippen LogP contribution in [0.25, 0.3) is 0 Å². The molecule has 0 aliphatic rings. The number of hydrogen-bond donors (Lipinski definition) is 1. The van der Waals surface area contributed by atoms with Crippen LogP contribution in [-0.4, -0.2) is 11.5 Å². The second-order valence-electron chi connectivity index (χ2n) is 3.97. The van der Waals surface area contributed by atoms with E-state index in [-0.39, 0.29) is 0 Å². The number of carbonyl (C=O) groups excluding carboxylic acids is 1. The minimum absolute atomic E-state index is 0.470. The fourth-order valence-electron chi connectivity index (χ4n) is 1.14. The highest BCUT2D eigenvalue weighted by molar-refractivity contribution is 5.82. The Morgan fingerprint density at radius 2 is 1.87 bits per heavy atom. The number of carbonyl (C=O) groups is 1. The Morgan fingerprint density at radius 3 is 2.27 bits per heavy atom. The lowest BCUT2D eigenvalue weighted by Crippen LogP contribution is -2.43. The molecule has 1 aromatic carbocycles. The van der Waals surface area contributed by atoms with Gasteiger partial charge in [-0.3, -0.25) is 4.79 Å². The standard InChI is InChI=1S/C12H17NO2/c1-4-9-5-7-10(8-6-9)15-12(2,3)11(13)14/h5-8H,4H2,1-3H3,(H2,13,14). The maximum Gasteiger partial charge on any atom is 0.261 e. The van der Waals surface area contributed by atoms with Gasteiger partial charge in [-0.1, -0.05) is 19.1 Å². The monoisotopic (exact) mass is 207 g/mol. The number of ether oxygens (including phenoxy) is 1. The third-order valence-corrected chi connectivity index (χ3v) is 2.30. The van der Waals surface area contributed by atoms with Crippen molar-refractivity contribution in [3.8, 4) is 5.75 Å². The highest BCUT2D eigenvalue weighted by Crippen LogP contribution is 2.18. The van der Waals surface area contributed by atoms with Crippen molar-refractivity contribution in [2.45, 2.75) is 32.8 Å². The van der Waals surface area contributed by atoms with Crippen molar-refractivity contribution in [1.29, 1.82) is 0 Å². The maximum absolute atomic E-state index is 11.0. The molecule has 2 N–H and O–H groups in total. The number of rotatable bonds is 4. The summed E-state index contributed by atoms with van der Waals surface area (Å²) in [6.45, 7) is 5.40. The summed E-state index contributed by atoms with van der Waals surface area (Å²) in [5, 5.41) is 0. The Hall–Kier alpha value is -1.51. The SMILES string of the molecule is CCc1ccc(OC(C)(C)C(N)=O)cc1. The number of primary amides is 1. The number of aryl methyl sites for hydroxylation is 1. The summed E-state index contributed by atoms with van der Waals surface area (Å²) in [5.74, 6) is 0.193. The van der Waals surface area contributed by atoms with Gasteiger partial charge in [-0.25, -0.2) is 0 Å². The van der Waals surface area contributed by atoms with Gasteiger partial charge < -0.3 is 10.5 Å². The predicted molar refractivity (Wildman–Crippen MR) is 59.7 cm³/mol. The lowest BCUT2D eigenvalue weighted by molar-refractivity contribution is -0.130. The summed E-state index contributed by atoms with van der Waals surface area (Å²) in [5.41, 5.74) is 5.48. The molecule has 0 saturated heterocycles. The molecular formula is C12H17NO2. The zero-order valence-electron chi connectivity index (χ0n) is 9.41. The van der Waals surface area contributed by atoms with E-state index < -0.39 is 11.5 Å². The molecule has 0 heterocycles. The van der Waals surface area contributed by atoms with E-state index in [0.717, 1.165) is 6.42 Å². The molecule has 0 radical (unpaired) electrons. The molecule has 0 fully saturated rings. The van der Waals surface area contributed by atoms with Crippen LogP contribution in [0.3, 0.4) is 0 Å². The lowest BCUT2D eigenvalue weighted by Gasteiger charge is -2.22. The van der Waals surface area contributed by atoms with E-state index in [4.69, 9.17) is 10.5 Å². The van der Waals surface area contributed by atoms with Crippen LogP contribution in [0.5, 0.6) is 5.75 Å². The molecule has 0 bridgehead atoms. The molecule has 0 spiro atoms. The van der Waals surface area contributed by atoms with Gasteiger partial charge in [0.15, 0.2) is 5.60 Å². The summed E-state index contributed by atoms with van der Waals surface area (Å²) in [7, 11) is 0. The highest BCUT2D eigenvalue weighted by Gasteiger charge is 2.26. The maximum atomic E-state index is 11.0. The first-order chi connectivity index (χ1) is 6.95. The van der Waals surface area contributed by atoms with E-state index in [1.165, 1.54) is 5.56 Å². The predicted octanol–water partition coefficient (Wildman–Crippen LogP) is 1.89. The Kier molecular flexibility index (Phi) is 3.35. The topological polar surface area (TPSA) is 52.3 Å². The third kappa shape index (κ3) is 2.98. The Morgan fingerprint density at radius 1 is 1.33 bits per heavy atom. The van der Waals surface area contributed by atoms with Crippen LogP contribution in [-0.2, 0) is 11.2 Å². The van der Waals surface area contributed by atoms with Crippen molar-refractivity contribution in [2.75, 3.05) is 0 Å². The molecule has 1 amide bonds. The van der Waals surface area contributed by atoms with Gasteiger partial charge in [-0.05, 0) is 38.0 Å². The molecule has 0 saturated carbocycles. The minimum atomic E-state index is -0.965. The van der Waals surface area contributed by atoms with Gasteiger partial charge >= 0.3 is 0 Å². The first kappa shape index (κ1) is 11.6. The molecule has 0 aliphatic heterocycles. The molecule has 0 aromatic heterocycles. The first-order valence-electron chi connectivity index (χ1n) is 5.03. The minimum Gasteiger partial charge on any atom is -0.478 e. The van der Waals surface area contributed by atoms with E-state index in [1.807, 2.05) is 24.3 Å². The van der Waals surface area contributed by atoms with Crippen molar-refractivity contribution in [1.82, 2.24) is 0 Å². The molecule has 82 valence electrons. The van der Waals surface area contributed by atoms with Gasteiger partial charge in [0, 0.05) is 0 Å². The Balaban J connectivity index is 2.77. The molecule has 3 nitrogen and oxygen atoms in total. The lowest BCUT2D eigenvalue weighted by atomic mass is 10.1. The zero-order valence-corrected chi connectivity index (χ0v) is 9.41. The number of benzene rings is 1. The van der Waals surface area contributed by atoms with E-state index in [0.29, 0.717) is 5.75 Å². The van der Waals surface area contributed by atoms with E-state index in [9.17, 15) is 4.79 Å². The smallest absolute Gasteiger partial charge is 0.261 e. The van der Waals surface area contributed by atoms with Crippen LogP contribution in [0.1, 0.15) is 26.3 Å². The quantitative estimate of drug-likeness (QED) is 0.819. The second kappa shape index (κ2) is 4.34. The second-order valence-corrected chi connectivity index (χ2v) is 3.97. The highest BCUT2D eigenvalue weighted by atomic mass is 16.5. The van der Waals surface area contributed by atoms with Crippen LogP contribution in [0, 0.1) is 0 Å². The average Bonchev–Trinajstić information content (AvgIpc) is 2.18. The van der Waals surface area contributed by atoms with E-state index >= 15 is 0 Å². The molecule has 1 rings (SSSR count). The molecule has 0 unspecified atom stereocenters. The van der Waals surface area contributed by atoms with Crippen LogP contribution in [0.15, 0.2) is 24.3 Å². The summed E-state index contributed by atoms with van der Waals surface area (Å²) in [6.07, 6.45) is 0.986. The molecular weight excluding hydrogens is 190 g/mol. The summed E-state index contributed by atoms with van der Waals surface area (Å²) >= 11 is 0. The summed E-state index contributed by atoms with van der Waals surface area (Å²) < 4.78 is 5.49. The van der Waals surface area contributed by atoms with Crippen LogP contribution in [0.2, 0.25) is 0 Å². The van der Waals surface area contributed by atoms with Gasteiger partial charge in [0.2, 0.25) is 0 Å². The van der Waals surface area contributed by atoms with Gasteiger partial charge in [-0.2, -0.15) is 0 Å². The molecule has 0 aliphatic carbocycles. The van der Waals surface area contributed by atoms with Crippen molar-refractivity contribution >= 4 is 5.91 Å². The molecule has 15 heavy (non-hydrogen) atoms. The third-order valence-electron chi connectivity index (χ3n) is 2.30. The van der Waals surface area contributed by atoms with Crippen LogP contribution < -0.4 is 10.5 Å². The molecule has 0 atom stereocenters. The molecule has 3 heteroatoms. The van der Waals surface area contributed by atoms with Crippen LogP contribution >= 0.6 is 0 Å². The van der Waals surface area contributed by atoms with Crippen LogP contribution in [0.4, 0.5) is 0 Å². The number of hydrogen-bond acceptors (Lipinski definition) is 2. The Bertz CT molecular complexity index is 341. The first-order valence-corrected chi connectivity index (χ1v) is 5.03. The van der Waals surface area contributed by atoms with E-state index in [2.05, 4.69) is 6.92 Å². The van der Waals surface area contributed by atoms with Crippen molar-refractivity contribution in [3.05, 3.63) is 29.8 Å².